The lowest BCUT2D eigenvalue weighted by atomic mass is 10.2. The number of benzene rings is 2. The highest BCUT2D eigenvalue weighted by atomic mass is 79.9. The van der Waals surface area contributed by atoms with Gasteiger partial charge >= 0.3 is 0 Å². The van der Waals surface area contributed by atoms with Crippen LogP contribution in [0.5, 0.6) is 0 Å². The maximum Gasteiger partial charge on any atom is 0.293 e. The van der Waals surface area contributed by atoms with Gasteiger partial charge in [-0.05, 0) is 54.7 Å². The fourth-order valence-corrected chi connectivity index (χ4v) is 4.59. The van der Waals surface area contributed by atoms with Gasteiger partial charge in [-0.15, -0.1) is 0 Å². The third kappa shape index (κ3) is 6.22. The molecule has 3 aromatic rings. The molecule has 0 bridgehead atoms. The second-order valence-corrected chi connectivity index (χ2v) is 9.70. The zero-order valence-electron chi connectivity index (χ0n) is 19.0. The minimum absolute atomic E-state index is 0.132. The van der Waals surface area contributed by atoms with Gasteiger partial charge in [-0.1, -0.05) is 46.6 Å². The SMILES string of the molecule is CCC(=O)N1CCN(c2ccc(NC(=S)NC(=O)c3ccc(-c4ccc(Br)cc4)o3)cc2Cl)CC1. The van der Waals surface area contributed by atoms with E-state index in [4.69, 9.17) is 28.2 Å². The minimum atomic E-state index is -0.451. The largest absolute Gasteiger partial charge is 0.451 e. The van der Waals surface area contributed by atoms with Crippen molar-refractivity contribution in [3.05, 3.63) is 69.9 Å². The first kappa shape index (κ1) is 25.2. The molecule has 0 aliphatic carbocycles. The maximum absolute atomic E-state index is 12.6. The highest BCUT2D eigenvalue weighted by molar-refractivity contribution is 9.10. The Hall–Kier alpha value is -2.88. The molecular weight excluding hydrogens is 552 g/mol. The Morgan fingerprint density at radius 3 is 2.43 bits per heavy atom. The van der Waals surface area contributed by atoms with E-state index in [0.29, 0.717) is 36.0 Å². The number of nitrogens with zero attached hydrogens (tertiary/aromatic N) is 2. The number of piperazine rings is 1. The van der Waals surface area contributed by atoms with Crippen LogP contribution in [-0.2, 0) is 4.79 Å². The molecule has 1 aliphatic rings. The second-order valence-electron chi connectivity index (χ2n) is 7.97. The van der Waals surface area contributed by atoms with E-state index in [1.54, 1.807) is 18.2 Å². The number of carbonyl (C=O) groups is 2. The summed E-state index contributed by atoms with van der Waals surface area (Å²) >= 11 is 15.2. The molecule has 7 nitrogen and oxygen atoms in total. The average Bonchev–Trinajstić information content (AvgIpc) is 3.35. The molecule has 35 heavy (non-hydrogen) atoms. The van der Waals surface area contributed by atoms with Crippen molar-refractivity contribution in [1.29, 1.82) is 0 Å². The molecule has 1 saturated heterocycles. The fraction of sp³-hybridized carbons (Fsp3) is 0.240. The molecule has 1 aromatic heterocycles. The van der Waals surface area contributed by atoms with E-state index in [9.17, 15) is 9.59 Å². The molecule has 0 atom stereocenters. The van der Waals surface area contributed by atoms with Crippen LogP contribution in [0.15, 0.2) is 63.5 Å². The van der Waals surface area contributed by atoms with E-state index in [0.717, 1.165) is 28.8 Å². The van der Waals surface area contributed by atoms with Crippen molar-refractivity contribution in [2.24, 2.45) is 0 Å². The van der Waals surface area contributed by atoms with Crippen LogP contribution in [0.3, 0.4) is 0 Å². The predicted octanol–water partition coefficient (Wildman–Crippen LogP) is 5.55. The normalized spacial score (nSPS) is 13.5. The van der Waals surface area contributed by atoms with Gasteiger partial charge in [0.1, 0.15) is 5.76 Å². The number of nitrogens with one attached hydrogen (secondary N) is 2. The molecule has 1 fully saturated rings. The van der Waals surface area contributed by atoms with Crippen LogP contribution in [-0.4, -0.2) is 48.0 Å². The van der Waals surface area contributed by atoms with Gasteiger partial charge in [-0.25, -0.2) is 0 Å². The molecule has 1 aliphatic heterocycles. The van der Waals surface area contributed by atoms with Gasteiger partial charge in [0.2, 0.25) is 5.91 Å². The smallest absolute Gasteiger partial charge is 0.293 e. The first-order chi connectivity index (χ1) is 16.8. The topological polar surface area (TPSA) is 77.8 Å². The molecule has 0 radical (unpaired) electrons. The van der Waals surface area contributed by atoms with Crippen LogP contribution in [0.2, 0.25) is 5.02 Å². The molecule has 0 saturated carbocycles. The van der Waals surface area contributed by atoms with Crippen molar-refractivity contribution >= 4 is 68.1 Å². The van der Waals surface area contributed by atoms with Gasteiger partial charge in [-0.2, -0.15) is 0 Å². The molecule has 182 valence electrons. The summed E-state index contributed by atoms with van der Waals surface area (Å²) in [4.78, 5) is 28.5. The molecule has 2 aromatic carbocycles. The van der Waals surface area contributed by atoms with Crippen molar-refractivity contribution in [2.75, 3.05) is 36.4 Å². The summed E-state index contributed by atoms with van der Waals surface area (Å²) < 4.78 is 6.65. The third-order valence-electron chi connectivity index (χ3n) is 5.67. The number of furan rings is 1. The van der Waals surface area contributed by atoms with Crippen molar-refractivity contribution in [3.63, 3.8) is 0 Å². The van der Waals surface area contributed by atoms with E-state index in [2.05, 4.69) is 31.5 Å². The number of anilines is 2. The van der Waals surface area contributed by atoms with Crippen molar-refractivity contribution in [1.82, 2.24) is 10.2 Å². The van der Waals surface area contributed by atoms with Gasteiger partial charge in [0.05, 0.1) is 10.7 Å². The quantitative estimate of drug-likeness (QED) is 0.389. The number of hydrogen-bond acceptors (Lipinski definition) is 5. The Kier molecular flexibility index (Phi) is 8.10. The number of rotatable bonds is 5. The lowest BCUT2D eigenvalue weighted by Crippen LogP contribution is -2.48. The molecule has 0 unspecified atom stereocenters. The van der Waals surface area contributed by atoms with Crippen LogP contribution < -0.4 is 15.5 Å². The highest BCUT2D eigenvalue weighted by Crippen LogP contribution is 2.30. The van der Waals surface area contributed by atoms with Gasteiger partial charge in [-0.3, -0.25) is 14.9 Å². The number of halogens is 2. The molecule has 0 spiro atoms. The van der Waals surface area contributed by atoms with Crippen LogP contribution in [0, 0.1) is 0 Å². The number of hydrogen-bond donors (Lipinski definition) is 2. The second kappa shape index (κ2) is 11.2. The molecular formula is C25H24BrClN4O3S. The highest BCUT2D eigenvalue weighted by Gasteiger charge is 2.21. The van der Waals surface area contributed by atoms with E-state index in [-0.39, 0.29) is 16.8 Å². The summed E-state index contributed by atoms with van der Waals surface area (Å²) in [5, 5.41) is 6.30. The Balaban J connectivity index is 1.33. The monoisotopic (exact) mass is 574 g/mol. The Bertz CT molecular complexity index is 1240. The fourth-order valence-electron chi connectivity index (χ4n) is 3.82. The lowest BCUT2D eigenvalue weighted by Gasteiger charge is -2.36. The Morgan fingerprint density at radius 2 is 1.77 bits per heavy atom. The van der Waals surface area contributed by atoms with Crippen LogP contribution in [0.1, 0.15) is 23.9 Å². The standard InChI is InChI=1S/C25H24BrClN4O3S/c1-2-23(32)31-13-11-30(12-14-31)20-8-7-18(15-19(20)27)28-25(35)29-24(33)22-10-9-21(34-22)16-3-5-17(26)6-4-16/h3-10,15H,2,11-14H2,1H3,(H2,28,29,33,35). The van der Waals surface area contributed by atoms with Crippen molar-refractivity contribution < 1.29 is 14.0 Å². The predicted molar refractivity (Wildman–Crippen MR) is 146 cm³/mol. The molecule has 10 heteroatoms. The van der Waals surface area contributed by atoms with Crippen LogP contribution in [0.4, 0.5) is 11.4 Å². The summed E-state index contributed by atoms with van der Waals surface area (Å²) in [6.07, 6.45) is 0.518. The maximum atomic E-state index is 12.6. The lowest BCUT2D eigenvalue weighted by molar-refractivity contribution is -0.131. The Labute approximate surface area is 222 Å². The summed E-state index contributed by atoms with van der Waals surface area (Å²) in [5.74, 6) is 0.461. The summed E-state index contributed by atoms with van der Waals surface area (Å²) in [5.41, 5.74) is 2.41. The van der Waals surface area contributed by atoms with Crippen LogP contribution >= 0.6 is 39.7 Å². The van der Waals surface area contributed by atoms with E-state index in [1.807, 2.05) is 48.2 Å². The molecule has 2 heterocycles. The zero-order valence-corrected chi connectivity index (χ0v) is 22.2. The zero-order chi connectivity index (χ0) is 24.9. The Morgan fingerprint density at radius 1 is 1.06 bits per heavy atom. The van der Waals surface area contributed by atoms with Gasteiger partial charge in [0.25, 0.3) is 5.91 Å². The first-order valence-electron chi connectivity index (χ1n) is 11.1. The third-order valence-corrected chi connectivity index (χ3v) is 6.70. The van der Waals surface area contributed by atoms with Gasteiger partial charge in [0.15, 0.2) is 10.9 Å². The van der Waals surface area contributed by atoms with Gasteiger partial charge < -0.3 is 19.5 Å². The number of carbonyl (C=O) groups excluding carboxylic acids is 2. The first-order valence-corrected chi connectivity index (χ1v) is 12.7. The van der Waals surface area contributed by atoms with Gasteiger partial charge in [0, 0.05) is 48.3 Å². The number of amides is 2. The molecule has 4 rings (SSSR count). The van der Waals surface area contributed by atoms with E-state index >= 15 is 0 Å². The average molecular weight is 576 g/mol. The summed E-state index contributed by atoms with van der Waals surface area (Å²) in [6, 6.07) is 16.5. The molecule has 2 amide bonds. The molecule has 2 N–H and O–H groups in total. The van der Waals surface area contributed by atoms with E-state index < -0.39 is 5.91 Å². The number of thiocarbonyl (C=S) groups is 1. The minimum Gasteiger partial charge on any atom is -0.451 e. The van der Waals surface area contributed by atoms with Crippen molar-refractivity contribution in [3.8, 4) is 11.3 Å². The summed E-state index contributed by atoms with van der Waals surface area (Å²) in [6.45, 7) is 4.67. The van der Waals surface area contributed by atoms with Crippen molar-refractivity contribution in [2.45, 2.75) is 13.3 Å². The summed E-state index contributed by atoms with van der Waals surface area (Å²) in [7, 11) is 0. The van der Waals surface area contributed by atoms with E-state index in [1.165, 1.54) is 0 Å². The van der Waals surface area contributed by atoms with Crippen LogP contribution in [0.25, 0.3) is 11.3 Å².